The summed E-state index contributed by atoms with van der Waals surface area (Å²) in [5.41, 5.74) is 3.19. The monoisotopic (exact) mass is 436 g/mol. The Labute approximate surface area is 145 Å². The third-order valence-electron chi connectivity index (χ3n) is 2.97. The predicted octanol–water partition coefficient (Wildman–Crippen LogP) is 6.56. The van der Waals surface area contributed by atoms with Crippen molar-refractivity contribution in [1.29, 1.82) is 0 Å². The minimum Gasteiger partial charge on any atom is -0.495 e. The van der Waals surface area contributed by atoms with Gasteiger partial charge in [0, 0.05) is 15.6 Å². The van der Waals surface area contributed by atoms with Gasteiger partial charge in [-0.15, -0.1) is 0 Å². The Kier molecular flexibility index (Phi) is 5.41. The van der Waals surface area contributed by atoms with Gasteiger partial charge in [-0.2, -0.15) is 0 Å². The van der Waals surface area contributed by atoms with Crippen molar-refractivity contribution in [3.63, 3.8) is 0 Å². The minimum absolute atomic E-state index is 0.0478. The third-order valence-corrected chi connectivity index (χ3v) is 5.27. The first-order valence-electron chi connectivity index (χ1n) is 5.87. The highest BCUT2D eigenvalue weighted by Gasteiger charge is 2.18. The molecule has 0 aliphatic heterocycles. The first-order valence-corrected chi connectivity index (χ1v) is 8.33. The van der Waals surface area contributed by atoms with E-state index in [0.717, 1.165) is 15.6 Å². The van der Waals surface area contributed by atoms with Crippen LogP contribution in [0, 0.1) is 6.92 Å². The summed E-state index contributed by atoms with van der Waals surface area (Å²) in [6, 6.07) is 9.76. The summed E-state index contributed by atoms with van der Waals surface area (Å²) >= 11 is 19.8. The van der Waals surface area contributed by atoms with Crippen molar-refractivity contribution in [3.8, 4) is 5.75 Å². The molecule has 1 nitrogen and oxygen atoms in total. The van der Waals surface area contributed by atoms with Crippen LogP contribution in [0.15, 0.2) is 34.8 Å². The lowest BCUT2D eigenvalue weighted by Crippen LogP contribution is -1.97. The molecule has 0 spiro atoms. The molecular formula is C15H12Br2Cl2O. The Morgan fingerprint density at radius 2 is 1.75 bits per heavy atom. The summed E-state index contributed by atoms with van der Waals surface area (Å²) in [4.78, 5) is -0.0478. The van der Waals surface area contributed by atoms with Crippen LogP contribution in [0.3, 0.4) is 0 Å². The standard InChI is InChI=1S/C15H12Br2Cl2O/c1-8-3-4-9(11(16)5-8)15(17)10-6-13(19)14(20-2)7-12(10)18/h3-7,15H,1-2H3. The average molecular weight is 439 g/mol. The van der Waals surface area contributed by atoms with E-state index >= 15 is 0 Å². The smallest absolute Gasteiger partial charge is 0.138 e. The maximum absolute atomic E-state index is 6.32. The van der Waals surface area contributed by atoms with E-state index in [1.54, 1.807) is 13.2 Å². The molecule has 106 valence electrons. The second-order valence-corrected chi connectivity index (χ2v) is 6.98. The van der Waals surface area contributed by atoms with Gasteiger partial charge in [-0.05, 0) is 35.7 Å². The minimum atomic E-state index is -0.0478. The predicted molar refractivity (Wildman–Crippen MR) is 92.7 cm³/mol. The highest BCUT2D eigenvalue weighted by Crippen LogP contribution is 2.42. The van der Waals surface area contributed by atoms with Crippen molar-refractivity contribution in [2.75, 3.05) is 7.11 Å². The van der Waals surface area contributed by atoms with Crippen LogP contribution in [0.4, 0.5) is 0 Å². The van der Waals surface area contributed by atoms with Crippen LogP contribution in [0.5, 0.6) is 5.75 Å². The number of alkyl halides is 1. The lowest BCUT2D eigenvalue weighted by molar-refractivity contribution is 0.415. The fraction of sp³-hybridized carbons (Fsp3) is 0.200. The van der Waals surface area contributed by atoms with Crippen LogP contribution in [-0.4, -0.2) is 7.11 Å². The molecule has 0 fully saturated rings. The summed E-state index contributed by atoms with van der Waals surface area (Å²) in [5, 5.41) is 1.15. The van der Waals surface area contributed by atoms with Crippen molar-refractivity contribution < 1.29 is 4.74 Å². The van der Waals surface area contributed by atoms with Crippen LogP contribution < -0.4 is 4.74 Å². The molecule has 0 saturated heterocycles. The summed E-state index contributed by atoms with van der Waals surface area (Å²) < 4.78 is 6.19. The van der Waals surface area contributed by atoms with E-state index in [1.807, 2.05) is 6.07 Å². The van der Waals surface area contributed by atoms with E-state index in [9.17, 15) is 0 Å². The van der Waals surface area contributed by atoms with Crippen LogP contribution >= 0.6 is 55.1 Å². The number of methoxy groups -OCH3 is 1. The Balaban J connectivity index is 2.48. The summed E-state index contributed by atoms with van der Waals surface area (Å²) in [7, 11) is 1.57. The van der Waals surface area contributed by atoms with Crippen LogP contribution in [0.25, 0.3) is 0 Å². The molecule has 20 heavy (non-hydrogen) atoms. The molecule has 0 aliphatic rings. The van der Waals surface area contributed by atoms with E-state index in [0.29, 0.717) is 15.8 Å². The summed E-state index contributed by atoms with van der Waals surface area (Å²) in [5.74, 6) is 0.572. The molecule has 0 bridgehead atoms. The topological polar surface area (TPSA) is 9.23 Å². The molecule has 0 aliphatic carbocycles. The molecule has 2 aromatic carbocycles. The van der Waals surface area contributed by atoms with Crippen LogP contribution in [0.2, 0.25) is 10.0 Å². The van der Waals surface area contributed by atoms with Crippen molar-refractivity contribution in [2.24, 2.45) is 0 Å². The fourth-order valence-electron chi connectivity index (χ4n) is 1.90. The van der Waals surface area contributed by atoms with E-state index in [4.69, 9.17) is 27.9 Å². The molecule has 5 heteroatoms. The normalized spacial score (nSPS) is 12.3. The molecule has 0 saturated carbocycles. The van der Waals surface area contributed by atoms with Crippen LogP contribution in [-0.2, 0) is 0 Å². The number of benzene rings is 2. The van der Waals surface area contributed by atoms with Crippen molar-refractivity contribution in [2.45, 2.75) is 11.8 Å². The molecule has 0 N–H and O–H groups in total. The molecule has 0 radical (unpaired) electrons. The number of hydrogen-bond acceptors (Lipinski definition) is 1. The highest BCUT2D eigenvalue weighted by atomic mass is 79.9. The van der Waals surface area contributed by atoms with Crippen LogP contribution in [0.1, 0.15) is 21.5 Å². The molecule has 1 atom stereocenters. The SMILES string of the molecule is COc1cc(Cl)c(C(Br)c2ccc(C)cc2Br)cc1Cl. The van der Waals surface area contributed by atoms with Gasteiger partial charge in [0.25, 0.3) is 0 Å². The van der Waals surface area contributed by atoms with Gasteiger partial charge in [0.15, 0.2) is 0 Å². The first-order chi connectivity index (χ1) is 9.43. The average Bonchev–Trinajstić information content (AvgIpc) is 2.40. The van der Waals surface area contributed by atoms with Gasteiger partial charge in [-0.1, -0.05) is 67.2 Å². The number of aryl methyl sites for hydroxylation is 1. The fourth-order valence-corrected chi connectivity index (χ4v) is 4.35. The maximum atomic E-state index is 6.32. The van der Waals surface area contributed by atoms with Gasteiger partial charge in [-0.3, -0.25) is 0 Å². The van der Waals surface area contributed by atoms with Gasteiger partial charge in [0.1, 0.15) is 5.75 Å². The van der Waals surface area contributed by atoms with E-state index in [2.05, 4.69) is 57.0 Å². The molecular weight excluding hydrogens is 427 g/mol. The van der Waals surface area contributed by atoms with Crippen molar-refractivity contribution in [1.82, 2.24) is 0 Å². The van der Waals surface area contributed by atoms with Gasteiger partial charge in [0.2, 0.25) is 0 Å². The van der Waals surface area contributed by atoms with Gasteiger partial charge in [-0.25, -0.2) is 0 Å². The van der Waals surface area contributed by atoms with E-state index < -0.39 is 0 Å². The van der Waals surface area contributed by atoms with E-state index in [1.165, 1.54) is 5.56 Å². The first kappa shape index (κ1) is 16.2. The third kappa shape index (κ3) is 3.33. The molecule has 2 rings (SSSR count). The zero-order valence-corrected chi connectivity index (χ0v) is 15.6. The molecule has 0 heterocycles. The van der Waals surface area contributed by atoms with Gasteiger partial charge in [0.05, 0.1) is 17.0 Å². The quantitative estimate of drug-likeness (QED) is 0.493. The highest BCUT2D eigenvalue weighted by molar-refractivity contribution is 9.11. The number of halogens is 4. The summed E-state index contributed by atoms with van der Waals surface area (Å²) in [6.07, 6.45) is 0. The Morgan fingerprint density at radius 3 is 2.35 bits per heavy atom. The Hall–Kier alpha value is -0.220. The lowest BCUT2D eigenvalue weighted by atomic mass is 10.0. The molecule has 1 unspecified atom stereocenters. The largest absolute Gasteiger partial charge is 0.495 e. The van der Waals surface area contributed by atoms with Gasteiger partial charge < -0.3 is 4.74 Å². The second-order valence-electron chi connectivity index (χ2n) is 4.40. The Bertz CT molecular complexity index is 644. The Morgan fingerprint density at radius 1 is 1.05 bits per heavy atom. The zero-order chi connectivity index (χ0) is 14.9. The number of ether oxygens (including phenoxy) is 1. The summed E-state index contributed by atoms with van der Waals surface area (Å²) in [6.45, 7) is 2.05. The maximum Gasteiger partial charge on any atom is 0.138 e. The molecule has 0 aromatic heterocycles. The molecule has 2 aromatic rings. The van der Waals surface area contributed by atoms with Gasteiger partial charge >= 0.3 is 0 Å². The zero-order valence-electron chi connectivity index (χ0n) is 10.9. The second kappa shape index (κ2) is 6.69. The van der Waals surface area contributed by atoms with E-state index in [-0.39, 0.29) is 4.83 Å². The van der Waals surface area contributed by atoms with Crippen molar-refractivity contribution in [3.05, 3.63) is 61.5 Å². The lowest BCUT2D eigenvalue weighted by Gasteiger charge is -2.16. The van der Waals surface area contributed by atoms with Crippen molar-refractivity contribution >= 4 is 55.1 Å². The number of rotatable bonds is 3. The number of hydrogen-bond donors (Lipinski definition) is 0. The molecule has 0 amide bonds.